The van der Waals surface area contributed by atoms with Gasteiger partial charge in [-0.05, 0) is 37.1 Å². The van der Waals surface area contributed by atoms with E-state index >= 15 is 0 Å². The topological polar surface area (TPSA) is 72.0 Å². The van der Waals surface area contributed by atoms with E-state index in [-0.39, 0.29) is 12.2 Å². The molecule has 0 saturated carbocycles. The number of ether oxygens (including phenoxy) is 1. The molecule has 3 rings (SSSR count). The Morgan fingerprint density at radius 1 is 1.30 bits per heavy atom. The number of aromatic nitrogens is 2. The van der Waals surface area contributed by atoms with Crippen molar-refractivity contribution in [2.24, 2.45) is 0 Å². The average molecular weight is 349 g/mol. The van der Waals surface area contributed by atoms with Gasteiger partial charge in [-0.15, -0.1) is 11.3 Å². The molecule has 0 aliphatic heterocycles. The third kappa shape index (κ3) is 3.13. The molecule has 118 valence electrons. The summed E-state index contributed by atoms with van der Waals surface area (Å²) in [6.45, 7) is 3.57. The van der Waals surface area contributed by atoms with Gasteiger partial charge in [0.2, 0.25) is 0 Å². The van der Waals surface area contributed by atoms with E-state index in [1.807, 2.05) is 0 Å². The van der Waals surface area contributed by atoms with Gasteiger partial charge in [0.15, 0.2) is 0 Å². The summed E-state index contributed by atoms with van der Waals surface area (Å²) in [6, 6.07) is 7.06. The quantitative estimate of drug-likeness (QED) is 0.734. The Balaban J connectivity index is 1.86. The number of fused-ring (bicyclic) bond motifs is 1. The molecule has 2 aromatic heterocycles. The first-order chi connectivity index (χ1) is 11.0. The first-order valence-electron chi connectivity index (χ1n) is 6.87. The van der Waals surface area contributed by atoms with Crippen LogP contribution >= 0.6 is 22.9 Å². The molecule has 0 aliphatic carbocycles. The minimum Gasteiger partial charge on any atom is -0.457 e. The van der Waals surface area contributed by atoms with Crippen LogP contribution in [0.4, 0.5) is 0 Å². The second-order valence-electron chi connectivity index (χ2n) is 5.09. The highest BCUT2D eigenvalue weighted by Gasteiger charge is 2.20. The molecule has 1 aromatic carbocycles. The van der Waals surface area contributed by atoms with Crippen molar-refractivity contribution in [3.8, 4) is 0 Å². The molecule has 5 nitrogen and oxygen atoms in total. The van der Waals surface area contributed by atoms with E-state index in [2.05, 4.69) is 9.97 Å². The number of rotatable bonds is 3. The van der Waals surface area contributed by atoms with Crippen molar-refractivity contribution in [1.82, 2.24) is 9.97 Å². The molecular weight excluding hydrogens is 336 g/mol. The van der Waals surface area contributed by atoms with Gasteiger partial charge in [0.05, 0.1) is 5.39 Å². The number of benzene rings is 1. The lowest BCUT2D eigenvalue weighted by molar-refractivity contribution is 0.0478. The van der Waals surface area contributed by atoms with Crippen LogP contribution in [0.15, 0.2) is 29.1 Å². The van der Waals surface area contributed by atoms with Crippen LogP contribution in [0.3, 0.4) is 0 Å². The summed E-state index contributed by atoms with van der Waals surface area (Å²) >= 11 is 6.99. The van der Waals surface area contributed by atoms with Gasteiger partial charge in [-0.25, -0.2) is 9.78 Å². The molecular formula is C16H13ClN2O3S. The normalized spacial score (nSPS) is 10.9. The average Bonchev–Trinajstić information content (AvgIpc) is 2.83. The first-order valence-corrected chi connectivity index (χ1v) is 8.06. The number of nitrogens with zero attached hydrogens (tertiary/aromatic N) is 1. The Morgan fingerprint density at radius 2 is 2.00 bits per heavy atom. The number of thiophene rings is 1. The molecule has 0 fully saturated rings. The molecule has 7 heteroatoms. The number of H-pyrrole nitrogens is 1. The second kappa shape index (κ2) is 6.14. The maximum Gasteiger partial charge on any atom is 0.349 e. The van der Waals surface area contributed by atoms with Gasteiger partial charge < -0.3 is 9.72 Å². The number of carbonyl (C=O) groups is 1. The van der Waals surface area contributed by atoms with E-state index in [1.165, 1.54) is 11.3 Å². The smallest absolute Gasteiger partial charge is 0.349 e. The van der Waals surface area contributed by atoms with E-state index in [0.717, 1.165) is 5.56 Å². The van der Waals surface area contributed by atoms with Gasteiger partial charge in [0.25, 0.3) is 5.56 Å². The first kappa shape index (κ1) is 15.7. The molecule has 0 bridgehead atoms. The lowest BCUT2D eigenvalue weighted by Crippen LogP contribution is -2.10. The monoisotopic (exact) mass is 348 g/mol. The highest BCUT2D eigenvalue weighted by atomic mass is 35.5. The van der Waals surface area contributed by atoms with Crippen molar-refractivity contribution in [1.29, 1.82) is 0 Å². The van der Waals surface area contributed by atoms with Crippen molar-refractivity contribution in [2.75, 3.05) is 0 Å². The number of carbonyl (C=O) groups excluding carboxylic acids is 1. The molecule has 2 heterocycles. The molecule has 0 radical (unpaired) electrons. The fourth-order valence-corrected chi connectivity index (χ4v) is 3.49. The maximum atomic E-state index is 12.3. The predicted octanol–water partition coefficient (Wildman–Crippen LogP) is 3.61. The predicted molar refractivity (Wildman–Crippen MR) is 90.3 cm³/mol. The zero-order chi connectivity index (χ0) is 16.6. The molecule has 0 unspecified atom stereocenters. The summed E-state index contributed by atoms with van der Waals surface area (Å²) in [6.07, 6.45) is 0. The van der Waals surface area contributed by atoms with Crippen LogP contribution in [-0.4, -0.2) is 15.9 Å². The Morgan fingerprint density at radius 3 is 2.70 bits per heavy atom. The Hall–Kier alpha value is -2.18. The van der Waals surface area contributed by atoms with Crippen LogP contribution in [0.2, 0.25) is 5.02 Å². The lowest BCUT2D eigenvalue weighted by atomic mass is 10.2. The van der Waals surface area contributed by atoms with Crippen LogP contribution in [0, 0.1) is 13.8 Å². The molecule has 0 aliphatic rings. The van der Waals surface area contributed by atoms with Crippen molar-refractivity contribution < 1.29 is 9.53 Å². The van der Waals surface area contributed by atoms with Gasteiger partial charge in [0.1, 0.15) is 22.1 Å². The molecule has 0 saturated heterocycles. The molecule has 3 aromatic rings. The van der Waals surface area contributed by atoms with Crippen LogP contribution in [0.1, 0.15) is 26.6 Å². The van der Waals surface area contributed by atoms with E-state index < -0.39 is 5.97 Å². The van der Waals surface area contributed by atoms with Crippen LogP contribution in [0.5, 0.6) is 0 Å². The molecule has 23 heavy (non-hydrogen) atoms. The number of aryl methyl sites for hydroxylation is 2. The zero-order valence-corrected chi connectivity index (χ0v) is 14.0. The van der Waals surface area contributed by atoms with Crippen molar-refractivity contribution in [2.45, 2.75) is 20.5 Å². The fraction of sp³-hybridized carbons (Fsp3) is 0.188. The minimum absolute atomic E-state index is 0.145. The standard InChI is InChI=1S/C16H13ClN2O3S/c1-8-12-14(20)18-9(2)19-15(12)23-13(8)16(21)22-7-10-3-5-11(17)6-4-10/h3-6H,7H2,1-2H3,(H,18,19,20). The number of aromatic amines is 1. The second-order valence-corrected chi connectivity index (χ2v) is 6.53. The Kier molecular flexibility index (Phi) is 4.19. The summed E-state index contributed by atoms with van der Waals surface area (Å²) in [4.78, 5) is 32.2. The largest absolute Gasteiger partial charge is 0.457 e. The summed E-state index contributed by atoms with van der Waals surface area (Å²) in [7, 11) is 0. The summed E-state index contributed by atoms with van der Waals surface area (Å²) in [5.74, 6) is 0.0577. The van der Waals surface area contributed by atoms with Crippen LogP contribution in [-0.2, 0) is 11.3 Å². The van der Waals surface area contributed by atoms with E-state index in [9.17, 15) is 9.59 Å². The van der Waals surface area contributed by atoms with Crippen molar-refractivity contribution in [3.63, 3.8) is 0 Å². The van der Waals surface area contributed by atoms with Crippen LogP contribution in [0.25, 0.3) is 10.2 Å². The summed E-state index contributed by atoms with van der Waals surface area (Å²) in [5, 5.41) is 1.07. The van der Waals surface area contributed by atoms with Gasteiger partial charge in [-0.3, -0.25) is 4.79 Å². The number of hydrogen-bond donors (Lipinski definition) is 1. The SMILES string of the molecule is Cc1nc2sc(C(=O)OCc3ccc(Cl)cc3)c(C)c2c(=O)[nH]1. The third-order valence-corrected chi connectivity index (χ3v) is 4.81. The third-order valence-electron chi connectivity index (χ3n) is 3.39. The van der Waals surface area contributed by atoms with Crippen LogP contribution < -0.4 is 5.56 Å². The number of halogens is 1. The highest BCUT2D eigenvalue weighted by Crippen LogP contribution is 2.27. The van der Waals surface area contributed by atoms with Gasteiger partial charge in [-0.1, -0.05) is 23.7 Å². The van der Waals surface area contributed by atoms with E-state index in [0.29, 0.717) is 31.5 Å². The van der Waals surface area contributed by atoms with E-state index in [4.69, 9.17) is 16.3 Å². The minimum atomic E-state index is -0.461. The van der Waals surface area contributed by atoms with Crippen molar-refractivity contribution in [3.05, 3.63) is 61.5 Å². The number of esters is 1. The maximum absolute atomic E-state index is 12.3. The zero-order valence-electron chi connectivity index (χ0n) is 12.5. The Bertz CT molecular complexity index is 944. The lowest BCUT2D eigenvalue weighted by Gasteiger charge is -2.04. The van der Waals surface area contributed by atoms with E-state index in [1.54, 1.807) is 38.1 Å². The molecule has 0 atom stereocenters. The van der Waals surface area contributed by atoms with Gasteiger partial charge in [0, 0.05) is 5.02 Å². The van der Waals surface area contributed by atoms with Gasteiger partial charge in [-0.2, -0.15) is 0 Å². The summed E-state index contributed by atoms with van der Waals surface area (Å²) in [5.41, 5.74) is 1.20. The fourth-order valence-electron chi connectivity index (χ4n) is 2.24. The molecule has 0 amide bonds. The summed E-state index contributed by atoms with van der Waals surface area (Å²) < 4.78 is 5.32. The number of hydrogen-bond acceptors (Lipinski definition) is 5. The molecule has 0 spiro atoms. The Labute approximate surface area is 140 Å². The van der Waals surface area contributed by atoms with Gasteiger partial charge >= 0.3 is 5.97 Å². The molecule has 1 N–H and O–H groups in total. The highest BCUT2D eigenvalue weighted by molar-refractivity contribution is 7.20. The van der Waals surface area contributed by atoms with Crippen molar-refractivity contribution >= 4 is 39.1 Å². The number of nitrogens with one attached hydrogen (secondary N) is 1.